The van der Waals surface area contributed by atoms with E-state index in [1.807, 2.05) is 50.8 Å². The van der Waals surface area contributed by atoms with Crippen LogP contribution in [0.3, 0.4) is 0 Å². The van der Waals surface area contributed by atoms with Crippen molar-refractivity contribution in [1.29, 1.82) is 0 Å². The number of nitrogens with zero attached hydrogens (tertiary/aromatic N) is 3. The molecule has 3 aromatic rings. The second kappa shape index (κ2) is 7.38. The van der Waals surface area contributed by atoms with Crippen LogP contribution in [0.5, 0.6) is 0 Å². The van der Waals surface area contributed by atoms with E-state index >= 15 is 0 Å². The van der Waals surface area contributed by atoms with Crippen molar-refractivity contribution in [3.8, 4) is 0 Å². The molecule has 3 rings (SSSR count). The number of hydrogen-bond acceptors (Lipinski definition) is 3. The zero-order chi connectivity index (χ0) is 14.1. The fraction of sp³-hybridized carbons (Fsp3) is 0.188. The van der Waals surface area contributed by atoms with Gasteiger partial charge in [-0.05, 0) is 35.9 Å². The minimum absolute atomic E-state index is 0. The Morgan fingerprint density at radius 2 is 1.82 bits per heavy atom. The Morgan fingerprint density at radius 3 is 2.55 bits per heavy atom. The predicted octanol–water partition coefficient (Wildman–Crippen LogP) is 3.58. The van der Waals surface area contributed by atoms with E-state index in [0.717, 1.165) is 34.5 Å². The third-order valence-corrected chi connectivity index (χ3v) is 3.51. The molecule has 2 N–H and O–H groups in total. The molecule has 0 spiro atoms. The smallest absolute Gasteiger partial charge is 0.0961 e. The number of imidazole rings is 1. The first kappa shape index (κ1) is 18.1. The highest BCUT2D eigenvalue weighted by atomic mass is 35.5. The summed E-state index contributed by atoms with van der Waals surface area (Å²) in [5.74, 6) is 0. The van der Waals surface area contributed by atoms with E-state index in [4.69, 9.17) is 5.73 Å². The van der Waals surface area contributed by atoms with Crippen molar-refractivity contribution in [3.63, 3.8) is 0 Å². The van der Waals surface area contributed by atoms with Gasteiger partial charge in [-0.15, -0.1) is 24.8 Å². The average molecular weight is 339 g/mol. The fourth-order valence-corrected chi connectivity index (χ4v) is 2.33. The van der Waals surface area contributed by atoms with Gasteiger partial charge in [0, 0.05) is 25.5 Å². The van der Waals surface area contributed by atoms with E-state index in [0.29, 0.717) is 0 Å². The maximum absolute atomic E-state index is 6.10. The number of rotatable bonds is 3. The molecule has 6 heteroatoms. The van der Waals surface area contributed by atoms with Gasteiger partial charge in [-0.2, -0.15) is 0 Å². The largest absolute Gasteiger partial charge is 0.398 e. The second-order valence-electron chi connectivity index (χ2n) is 5.14. The van der Waals surface area contributed by atoms with Crippen LogP contribution in [0.4, 0.5) is 11.4 Å². The Hall–Kier alpha value is -1.91. The number of fused-ring (bicyclic) bond motifs is 1. The van der Waals surface area contributed by atoms with Crippen LogP contribution in [-0.4, -0.2) is 23.6 Å². The molecule has 0 aliphatic carbocycles. The second-order valence-corrected chi connectivity index (χ2v) is 5.14. The van der Waals surface area contributed by atoms with Crippen LogP contribution in [0.25, 0.3) is 11.0 Å². The maximum Gasteiger partial charge on any atom is 0.0961 e. The zero-order valence-corrected chi connectivity index (χ0v) is 14.2. The quantitative estimate of drug-likeness (QED) is 0.742. The van der Waals surface area contributed by atoms with Gasteiger partial charge < -0.3 is 15.2 Å². The first-order valence-electron chi connectivity index (χ1n) is 6.61. The molecule has 0 fully saturated rings. The lowest BCUT2D eigenvalue weighted by Gasteiger charge is -2.15. The third kappa shape index (κ3) is 3.46. The maximum atomic E-state index is 6.10. The van der Waals surface area contributed by atoms with Gasteiger partial charge in [0.1, 0.15) is 0 Å². The van der Waals surface area contributed by atoms with Gasteiger partial charge in [-0.1, -0.05) is 12.1 Å². The average Bonchev–Trinajstić information content (AvgIpc) is 2.84. The molecule has 0 saturated carbocycles. The molecule has 0 aliphatic heterocycles. The van der Waals surface area contributed by atoms with Crippen LogP contribution in [0, 0.1) is 0 Å². The summed E-state index contributed by atoms with van der Waals surface area (Å²) >= 11 is 0. The van der Waals surface area contributed by atoms with Crippen LogP contribution in [0.1, 0.15) is 5.56 Å². The van der Waals surface area contributed by atoms with Gasteiger partial charge in [-0.3, -0.25) is 0 Å². The lowest BCUT2D eigenvalue weighted by Crippen LogP contribution is -2.10. The molecular weight excluding hydrogens is 319 g/mol. The van der Waals surface area contributed by atoms with Crippen molar-refractivity contribution in [2.45, 2.75) is 6.54 Å². The summed E-state index contributed by atoms with van der Waals surface area (Å²) in [4.78, 5) is 6.49. The molecular formula is C16H20Cl2N4. The van der Waals surface area contributed by atoms with Gasteiger partial charge in [-0.25, -0.2) is 4.98 Å². The summed E-state index contributed by atoms with van der Waals surface area (Å²) in [5.41, 5.74) is 11.3. The topological polar surface area (TPSA) is 47.1 Å². The number of nitrogens with two attached hydrogens (primary N) is 1. The van der Waals surface area contributed by atoms with Gasteiger partial charge in [0.2, 0.25) is 0 Å². The van der Waals surface area contributed by atoms with Crippen molar-refractivity contribution in [2.75, 3.05) is 24.7 Å². The highest BCUT2D eigenvalue weighted by molar-refractivity contribution is 5.85. The van der Waals surface area contributed by atoms with E-state index in [1.54, 1.807) is 0 Å². The van der Waals surface area contributed by atoms with Gasteiger partial charge >= 0.3 is 0 Å². The van der Waals surface area contributed by atoms with Crippen LogP contribution in [0.15, 0.2) is 48.8 Å². The number of aromatic nitrogens is 2. The Bertz CT molecular complexity index is 753. The Labute approximate surface area is 142 Å². The summed E-state index contributed by atoms with van der Waals surface area (Å²) < 4.78 is 2.13. The molecule has 1 aromatic heterocycles. The Kier molecular flexibility index (Phi) is 6.09. The summed E-state index contributed by atoms with van der Waals surface area (Å²) in [6.07, 6.45) is 1.87. The van der Waals surface area contributed by atoms with Crippen molar-refractivity contribution < 1.29 is 0 Å². The molecule has 0 unspecified atom stereocenters. The van der Waals surface area contributed by atoms with E-state index in [9.17, 15) is 0 Å². The fourth-order valence-electron chi connectivity index (χ4n) is 2.33. The predicted molar refractivity (Wildman–Crippen MR) is 98.5 cm³/mol. The first-order chi connectivity index (χ1) is 9.65. The minimum atomic E-state index is 0. The molecule has 1 heterocycles. The number of nitrogen functional groups attached to an aromatic ring is 1. The Morgan fingerprint density at radius 1 is 1.09 bits per heavy atom. The molecule has 0 amide bonds. The molecule has 4 nitrogen and oxygen atoms in total. The highest BCUT2D eigenvalue weighted by Crippen LogP contribution is 2.22. The monoisotopic (exact) mass is 338 g/mol. The molecule has 0 aliphatic rings. The van der Waals surface area contributed by atoms with E-state index in [1.165, 1.54) is 0 Å². The number of anilines is 2. The number of benzene rings is 2. The molecule has 0 saturated heterocycles. The number of para-hydroxylation sites is 2. The van der Waals surface area contributed by atoms with Crippen LogP contribution < -0.4 is 10.6 Å². The van der Waals surface area contributed by atoms with E-state index in [2.05, 4.69) is 26.6 Å². The molecule has 0 radical (unpaired) electrons. The van der Waals surface area contributed by atoms with Crippen LogP contribution >= 0.6 is 24.8 Å². The number of halogens is 2. The molecule has 2 aromatic carbocycles. The molecule has 0 atom stereocenters. The molecule has 118 valence electrons. The standard InChI is InChI=1S/C16H18N4.2ClH/c1-19(2)13-7-8-14(17)12(9-13)10-20-11-18-15-5-3-4-6-16(15)20;;/h3-9,11H,10,17H2,1-2H3;2*1H. The van der Waals surface area contributed by atoms with E-state index in [-0.39, 0.29) is 24.8 Å². The lowest BCUT2D eigenvalue weighted by atomic mass is 10.1. The van der Waals surface area contributed by atoms with Gasteiger partial charge in [0.05, 0.1) is 23.9 Å². The summed E-state index contributed by atoms with van der Waals surface area (Å²) in [6, 6.07) is 14.2. The minimum Gasteiger partial charge on any atom is -0.398 e. The van der Waals surface area contributed by atoms with Crippen LogP contribution in [0.2, 0.25) is 0 Å². The van der Waals surface area contributed by atoms with Gasteiger partial charge in [0.25, 0.3) is 0 Å². The zero-order valence-electron chi connectivity index (χ0n) is 12.6. The van der Waals surface area contributed by atoms with Crippen molar-refractivity contribution in [1.82, 2.24) is 9.55 Å². The first-order valence-corrected chi connectivity index (χ1v) is 6.61. The normalized spacial score (nSPS) is 9.91. The third-order valence-electron chi connectivity index (χ3n) is 3.51. The summed E-state index contributed by atoms with van der Waals surface area (Å²) in [6.45, 7) is 0.730. The van der Waals surface area contributed by atoms with Crippen LogP contribution in [-0.2, 0) is 6.54 Å². The number of hydrogen-bond donors (Lipinski definition) is 1. The Balaban J connectivity index is 0.00000121. The summed E-state index contributed by atoms with van der Waals surface area (Å²) in [5, 5.41) is 0. The molecule has 22 heavy (non-hydrogen) atoms. The van der Waals surface area contributed by atoms with Gasteiger partial charge in [0.15, 0.2) is 0 Å². The molecule has 0 bridgehead atoms. The van der Waals surface area contributed by atoms with Crippen molar-refractivity contribution in [2.24, 2.45) is 0 Å². The summed E-state index contributed by atoms with van der Waals surface area (Å²) in [7, 11) is 4.06. The lowest BCUT2D eigenvalue weighted by molar-refractivity contribution is 0.826. The van der Waals surface area contributed by atoms with E-state index < -0.39 is 0 Å². The van der Waals surface area contributed by atoms with Crippen molar-refractivity contribution >= 4 is 47.2 Å². The highest BCUT2D eigenvalue weighted by Gasteiger charge is 2.06. The SMILES string of the molecule is CN(C)c1ccc(N)c(Cn2cnc3ccccc32)c1.Cl.Cl. The van der Waals surface area contributed by atoms with Crippen molar-refractivity contribution in [3.05, 3.63) is 54.4 Å².